The molecular formula is C6H11OS+. The summed E-state index contributed by atoms with van der Waals surface area (Å²) < 4.78 is 10.0. The van der Waals surface area contributed by atoms with Gasteiger partial charge in [-0.05, 0) is 12.8 Å². The van der Waals surface area contributed by atoms with Gasteiger partial charge in [-0.3, -0.25) is 0 Å². The zero-order valence-electron chi connectivity index (χ0n) is 4.93. The summed E-state index contributed by atoms with van der Waals surface area (Å²) in [6, 6.07) is 0. The lowest BCUT2D eigenvalue weighted by atomic mass is 10.1. The molecule has 0 radical (unpaired) electrons. The third-order valence-corrected chi connectivity index (χ3v) is 2.39. The lowest BCUT2D eigenvalue weighted by Crippen LogP contribution is -1.97. The average Bonchev–Trinajstić information content (AvgIpc) is 2.19. The fourth-order valence-corrected chi connectivity index (χ4v) is 1.80. The van der Waals surface area contributed by atoms with Crippen molar-refractivity contribution in [2.45, 2.75) is 25.7 Å². The van der Waals surface area contributed by atoms with Crippen molar-refractivity contribution in [3.8, 4) is 0 Å². The Kier molecular flexibility index (Phi) is 2.40. The molecule has 0 bridgehead atoms. The molecular weight excluding hydrogens is 120 g/mol. The maximum atomic E-state index is 10.0. The molecule has 0 atom stereocenters. The summed E-state index contributed by atoms with van der Waals surface area (Å²) in [6.45, 7) is 0. The minimum atomic E-state index is 0.749. The van der Waals surface area contributed by atoms with Gasteiger partial charge in [0.1, 0.15) is 0 Å². The Hall–Kier alpha value is 0.0200. The summed E-state index contributed by atoms with van der Waals surface area (Å²) in [5, 5.41) is 0. The van der Waals surface area contributed by atoms with Gasteiger partial charge in [0.25, 0.3) is 0 Å². The molecule has 8 heavy (non-hydrogen) atoms. The summed E-state index contributed by atoms with van der Waals surface area (Å²) in [5.74, 6) is 1.61. The molecule has 0 aromatic heterocycles. The molecule has 0 saturated heterocycles. The van der Waals surface area contributed by atoms with Crippen molar-refractivity contribution in [1.82, 2.24) is 0 Å². The van der Waals surface area contributed by atoms with Crippen LogP contribution in [0.15, 0.2) is 0 Å². The van der Waals surface area contributed by atoms with E-state index in [1.807, 2.05) is 0 Å². The SMILES string of the molecule is O=[S+]CC1CCCC1. The van der Waals surface area contributed by atoms with Gasteiger partial charge in [0, 0.05) is 10.1 Å². The van der Waals surface area contributed by atoms with Crippen molar-refractivity contribution in [3.63, 3.8) is 0 Å². The second-order valence-electron chi connectivity index (χ2n) is 2.44. The van der Waals surface area contributed by atoms with Crippen molar-refractivity contribution < 1.29 is 4.21 Å². The van der Waals surface area contributed by atoms with Crippen molar-refractivity contribution in [1.29, 1.82) is 0 Å². The molecule has 46 valence electrons. The van der Waals surface area contributed by atoms with Gasteiger partial charge in [-0.1, -0.05) is 12.8 Å². The summed E-state index contributed by atoms with van der Waals surface area (Å²) in [4.78, 5) is 0. The first kappa shape index (κ1) is 6.14. The number of hydrogen-bond acceptors (Lipinski definition) is 1. The Morgan fingerprint density at radius 2 is 2.00 bits per heavy atom. The first-order valence-corrected chi connectivity index (χ1v) is 4.09. The van der Waals surface area contributed by atoms with Crippen LogP contribution in [0, 0.1) is 5.92 Å². The van der Waals surface area contributed by atoms with Gasteiger partial charge in [0.15, 0.2) is 0 Å². The van der Waals surface area contributed by atoms with Crippen LogP contribution in [-0.4, -0.2) is 5.75 Å². The smallest absolute Gasteiger partial charge is 0.0528 e. The van der Waals surface area contributed by atoms with Crippen LogP contribution in [0.3, 0.4) is 0 Å². The van der Waals surface area contributed by atoms with Gasteiger partial charge in [-0.25, -0.2) is 0 Å². The quantitative estimate of drug-likeness (QED) is 0.520. The van der Waals surface area contributed by atoms with Crippen LogP contribution < -0.4 is 0 Å². The number of rotatable bonds is 2. The summed E-state index contributed by atoms with van der Waals surface area (Å²) in [7, 11) is 0. The van der Waals surface area contributed by atoms with Crippen LogP contribution in [0.1, 0.15) is 25.7 Å². The van der Waals surface area contributed by atoms with Crippen molar-refractivity contribution in [2.24, 2.45) is 5.92 Å². The Balaban J connectivity index is 2.14. The van der Waals surface area contributed by atoms with E-state index in [2.05, 4.69) is 0 Å². The molecule has 0 aliphatic heterocycles. The topological polar surface area (TPSA) is 17.1 Å². The minimum absolute atomic E-state index is 0.749. The Bertz CT molecular complexity index is 76.6. The van der Waals surface area contributed by atoms with Gasteiger partial charge in [0.2, 0.25) is 5.75 Å². The van der Waals surface area contributed by atoms with E-state index in [4.69, 9.17) is 0 Å². The second kappa shape index (κ2) is 3.13. The Labute approximate surface area is 54.0 Å². The zero-order chi connectivity index (χ0) is 5.82. The van der Waals surface area contributed by atoms with Gasteiger partial charge in [-0.15, -0.1) is 0 Å². The fourth-order valence-electron chi connectivity index (χ4n) is 1.27. The third kappa shape index (κ3) is 1.51. The highest BCUT2D eigenvalue weighted by molar-refractivity contribution is 7.65. The molecule has 0 aromatic rings. The van der Waals surface area contributed by atoms with E-state index < -0.39 is 0 Å². The summed E-state index contributed by atoms with van der Waals surface area (Å²) >= 11 is 0.749. The van der Waals surface area contributed by atoms with E-state index >= 15 is 0 Å². The van der Waals surface area contributed by atoms with Crippen LogP contribution in [0.2, 0.25) is 0 Å². The third-order valence-electron chi connectivity index (χ3n) is 1.78. The van der Waals surface area contributed by atoms with E-state index in [0.717, 1.165) is 23.3 Å². The molecule has 2 heteroatoms. The maximum absolute atomic E-state index is 10.0. The zero-order valence-corrected chi connectivity index (χ0v) is 5.75. The van der Waals surface area contributed by atoms with Crippen LogP contribution in [-0.2, 0) is 15.9 Å². The van der Waals surface area contributed by atoms with E-state index in [-0.39, 0.29) is 0 Å². The van der Waals surface area contributed by atoms with E-state index in [1.165, 1.54) is 25.7 Å². The van der Waals surface area contributed by atoms with Crippen molar-refractivity contribution >= 4 is 11.7 Å². The molecule has 1 aliphatic rings. The van der Waals surface area contributed by atoms with E-state index in [9.17, 15) is 4.21 Å². The molecule has 0 N–H and O–H groups in total. The van der Waals surface area contributed by atoms with Crippen LogP contribution in [0.25, 0.3) is 0 Å². The highest BCUT2D eigenvalue weighted by Crippen LogP contribution is 2.23. The molecule has 0 aromatic carbocycles. The molecule has 1 saturated carbocycles. The van der Waals surface area contributed by atoms with Gasteiger partial charge in [-0.2, -0.15) is 0 Å². The Morgan fingerprint density at radius 1 is 1.38 bits per heavy atom. The molecule has 0 heterocycles. The lowest BCUT2D eigenvalue weighted by molar-refractivity contribution is 0.580. The molecule has 0 amide bonds. The highest BCUT2D eigenvalue weighted by atomic mass is 32.1. The van der Waals surface area contributed by atoms with Crippen LogP contribution in [0.4, 0.5) is 0 Å². The van der Waals surface area contributed by atoms with Crippen molar-refractivity contribution in [3.05, 3.63) is 0 Å². The first-order chi connectivity index (χ1) is 3.93. The van der Waals surface area contributed by atoms with Crippen LogP contribution >= 0.6 is 0 Å². The van der Waals surface area contributed by atoms with Crippen LogP contribution in [0.5, 0.6) is 0 Å². The number of hydrogen-bond donors (Lipinski definition) is 0. The van der Waals surface area contributed by atoms with E-state index in [0.29, 0.717) is 0 Å². The standard InChI is InChI=1S/C6H11OS/c7-8-5-6-3-1-2-4-6/h6H,1-5H2/q+1. The van der Waals surface area contributed by atoms with Gasteiger partial charge < -0.3 is 0 Å². The highest BCUT2D eigenvalue weighted by Gasteiger charge is 2.19. The monoisotopic (exact) mass is 131 g/mol. The maximum Gasteiger partial charge on any atom is 0.458 e. The normalized spacial score (nSPS) is 21.5. The van der Waals surface area contributed by atoms with E-state index in [1.54, 1.807) is 0 Å². The molecule has 0 spiro atoms. The molecule has 1 nitrogen and oxygen atoms in total. The van der Waals surface area contributed by atoms with Gasteiger partial charge >= 0.3 is 11.7 Å². The molecule has 1 aliphatic carbocycles. The predicted octanol–water partition coefficient (Wildman–Crippen LogP) is 1.60. The molecule has 0 unspecified atom stereocenters. The summed E-state index contributed by atoms with van der Waals surface area (Å²) in [5.41, 5.74) is 0. The first-order valence-electron chi connectivity index (χ1n) is 3.18. The Morgan fingerprint density at radius 3 is 2.50 bits per heavy atom. The van der Waals surface area contributed by atoms with Crippen molar-refractivity contribution in [2.75, 3.05) is 5.75 Å². The largest absolute Gasteiger partial charge is 0.458 e. The average molecular weight is 131 g/mol. The molecule has 1 fully saturated rings. The predicted molar refractivity (Wildman–Crippen MR) is 34.9 cm³/mol. The summed E-state index contributed by atoms with van der Waals surface area (Å²) in [6.07, 6.45) is 5.31. The van der Waals surface area contributed by atoms with Gasteiger partial charge in [0.05, 0.1) is 0 Å². The minimum Gasteiger partial charge on any atom is -0.0528 e. The second-order valence-corrected chi connectivity index (χ2v) is 3.00. The molecule has 1 rings (SSSR count). The lowest BCUT2D eigenvalue weighted by Gasteiger charge is -1.91. The fraction of sp³-hybridized carbons (Fsp3) is 1.00.